The minimum atomic E-state index is -0.730. The fraction of sp³-hybridized carbons (Fsp3) is 0.412. The second kappa shape index (κ2) is 5.93. The topological polar surface area (TPSA) is 58.4 Å². The van der Waals surface area contributed by atoms with Gasteiger partial charge in [-0.1, -0.05) is 31.0 Å². The molecule has 1 heterocycles. The molecule has 5 heteroatoms. The van der Waals surface area contributed by atoms with Crippen LogP contribution in [0, 0.1) is 0 Å². The summed E-state index contributed by atoms with van der Waals surface area (Å²) >= 11 is 0. The van der Waals surface area contributed by atoms with E-state index >= 15 is 0 Å². The van der Waals surface area contributed by atoms with E-state index < -0.39 is 5.60 Å². The molecule has 2 aromatic rings. The Balaban J connectivity index is 1.71. The molecule has 1 aromatic heterocycles. The zero-order valence-electron chi connectivity index (χ0n) is 12.8. The van der Waals surface area contributed by atoms with Crippen LogP contribution in [0.5, 0.6) is 0 Å². The lowest BCUT2D eigenvalue weighted by Crippen LogP contribution is -2.42. The Hall–Kier alpha value is -2.14. The van der Waals surface area contributed by atoms with Gasteiger partial charge >= 0.3 is 0 Å². The number of hydrogen-bond acceptors (Lipinski definition) is 3. The molecule has 5 nitrogen and oxygen atoms in total. The maximum atomic E-state index is 12.5. The molecule has 0 aliphatic heterocycles. The van der Waals surface area contributed by atoms with Crippen LogP contribution in [0.3, 0.4) is 0 Å². The monoisotopic (exact) mass is 299 g/mol. The van der Waals surface area contributed by atoms with E-state index in [-0.39, 0.29) is 5.91 Å². The fourth-order valence-corrected chi connectivity index (χ4v) is 3.06. The second-order valence-electron chi connectivity index (χ2n) is 6.07. The predicted molar refractivity (Wildman–Crippen MR) is 83.9 cm³/mol. The Morgan fingerprint density at radius 3 is 2.64 bits per heavy atom. The van der Waals surface area contributed by atoms with Crippen molar-refractivity contribution in [3.05, 3.63) is 48.3 Å². The van der Waals surface area contributed by atoms with Crippen LogP contribution in [0.15, 0.2) is 42.6 Å². The third-order valence-electron chi connectivity index (χ3n) is 4.24. The highest BCUT2D eigenvalue weighted by atomic mass is 16.3. The minimum absolute atomic E-state index is 0.157. The number of nitrogens with zero attached hydrogens (tertiary/aromatic N) is 3. The molecule has 0 bridgehead atoms. The Bertz CT molecular complexity index is 645. The first-order valence-electron chi connectivity index (χ1n) is 7.66. The molecule has 0 atom stereocenters. The van der Waals surface area contributed by atoms with Gasteiger partial charge in [-0.25, -0.2) is 4.68 Å². The van der Waals surface area contributed by atoms with Crippen LogP contribution in [-0.2, 0) is 0 Å². The van der Waals surface area contributed by atoms with Gasteiger partial charge in [0.2, 0.25) is 0 Å². The number of rotatable bonds is 4. The molecule has 22 heavy (non-hydrogen) atoms. The van der Waals surface area contributed by atoms with Gasteiger partial charge < -0.3 is 10.0 Å². The summed E-state index contributed by atoms with van der Waals surface area (Å²) in [7, 11) is 1.72. The molecule has 0 radical (unpaired) electrons. The first-order chi connectivity index (χ1) is 10.6. The standard InChI is InChI=1S/C17H21N3O2/c1-19(13-17(22)10-5-6-11-17)16(21)15-9-12-20(18-15)14-7-3-2-4-8-14/h2-4,7-9,12,22H,5-6,10-11,13H2,1H3. The largest absolute Gasteiger partial charge is 0.388 e. The number of benzene rings is 1. The number of likely N-dealkylation sites (N-methyl/N-ethyl adjacent to an activating group) is 1. The van der Waals surface area contributed by atoms with E-state index in [1.807, 2.05) is 30.3 Å². The SMILES string of the molecule is CN(CC1(O)CCCC1)C(=O)c1ccn(-c2ccccc2)n1. The normalized spacial score (nSPS) is 16.6. The van der Waals surface area contributed by atoms with Crippen molar-refractivity contribution in [1.82, 2.24) is 14.7 Å². The molecule has 116 valence electrons. The lowest BCUT2D eigenvalue weighted by Gasteiger charge is -2.28. The molecule has 0 unspecified atom stereocenters. The van der Waals surface area contributed by atoms with Gasteiger partial charge in [0.25, 0.3) is 5.91 Å². The fourth-order valence-electron chi connectivity index (χ4n) is 3.06. The molecule has 1 amide bonds. The lowest BCUT2D eigenvalue weighted by molar-refractivity contribution is 0.0154. The summed E-state index contributed by atoms with van der Waals surface area (Å²) < 4.78 is 1.69. The summed E-state index contributed by atoms with van der Waals surface area (Å²) in [4.78, 5) is 14.0. The molecule has 3 rings (SSSR count). The van der Waals surface area contributed by atoms with Crippen LogP contribution >= 0.6 is 0 Å². The number of aromatic nitrogens is 2. The van der Waals surface area contributed by atoms with E-state index in [1.54, 1.807) is 28.9 Å². The predicted octanol–water partition coefficient (Wildman–Crippen LogP) is 2.25. The van der Waals surface area contributed by atoms with Crippen LogP contribution in [0.25, 0.3) is 5.69 Å². The van der Waals surface area contributed by atoms with Gasteiger partial charge in [0.1, 0.15) is 0 Å². The number of carbonyl (C=O) groups is 1. The zero-order chi connectivity index (χ0) is 15.6. The van der Waals surface area contributed by atoms with Crippen LogP contribution in [0.1, 0.15) is 36.2 Å². The van der Waals surface area contributed by atoms with Gasteiger partial charge in [0.05, 0.1) is 11.3 Å². The van der Waals surface area contributed by atoms with Crippen molar-refractivity contribution in [2.24, 2.45) is 0 Å². The van der Waals surface area contributed by atoms with Crippen molar-refractivity contribution >= 4 is 5.91 Å². The summed E-state index contributed by atoms with van der Waals surface area (Å²) in [5.74, 6) is -0.157. The van der Waals surface area contributed by atoms with Crippen molar-refractivity contribution < 1.29 is 9.90 Å². The Morgan fingerprint density at radius 2 is 1.95 bits per heavy atom. The highest BCUT2D eigenvalue weighted by Gasteiger charge is 2.33. The molecule has 1 aliphatic carbocycles. The van der Waals surface area contributed by atoms with E-state index in [0.29, 0.717) is 12.2 Å². The van der Waals surface area contributed by atoms with Crippen molar-refractivity contribution in [3.8, 4) is 5.69 Å². The summed E-state index contributed by atoms with van der Waals surface area (Å²) in [5.41, 5.74) is 0.582. The highest BCUT2D eigenvalue weighted by Crippen LogP contribution is 2.30. The van der Waals surface area contributed by atoms with Gasteiger partial charge in [-0.2, -0.15) is 5.10 Å². The minimum Gasteiger partial charge on any atom is -0.388 e. The summed E-state index contributed by atoms with van der Waals surface area (Å²) in [6.45, 7) is 0.365. The quantitative estimate of drug-likeness (QED) is 0.942. The van der Waals surface area contributed by atoms with Gasteiger partial charge in [-0.05, 0) is 31.0 Å². The number of amides is 1. The third-order valence-corrected chi connectivity index (χ3v) is 4.24. The Labute approximate surface area is 130 Å². The molecule has 1 N–H and O–H groups in total. The number of aliphatic hydroxyl groups is 1. The van der Waals surface area contributed by atoms with Gasteiger partial charge in [-0.3, -0.25) is 4.79 Å². The van der Waals surface area contributed by atoms with Crippen LogP contribution in [-0.4, -0.2) is 44.9 Å². The zero-order valence-corrected chi connectivity index (χ0v) is 12.8. The van der Waals surface area contributed by atoms with E-state index in [1.165, 1.54) is 0 Å². The van der Waals surface area contributed by atoms with Crippen LogP contribution in [0.2, 0.25) is 0 Å². The van der Waals surface area contributed by atoms with Gasteiger partial charge in [-0.15, -0.1) is 0 Å². The Kier molecular flexibility index (Phi) is 3.98. The first kappa shape index (κ1) is 14.8. The average Bonchev–Trinajstić information content (AvgIpc) is 3.17. The molecular formula is C17H21N3O2. The van der Waals surface area contributed by atoms with Crippen molar-refractivity contribution in [2.45, 2.75) is 31.3 Å². The van der Waals surface area contributed by atoms with Gasteiger partial charge in [0, 0.05) is 19.8 Å². The summed E-state index contributed by atoms with van der Waals surface area (Å²) in [6.07, 6.45) is 5.37. The van der Waals surface area contributed by atoms with Crippen molar-refractivity contribution in [3.63, 3.8) is 0 Å². The highest BCUT2D eigenvalue weighted by molar-refractivity contribution is 5.92. The number of hydrogen-bond donors (Lipinski definition) is 1. The van der Waals surface area contributed by atoms with Crippen LogP contribution in [0.4, 0.5) is 0 Å². The lowest BCUT2D eigenvalue weighted by atomic mass is 10.0. The van der Waals surface area contributed by atoms with Crippen molar-refractivity contribution in [2.75, 3.05) is 13.6 Å². The molecule has 1 fully saturated rings. The molecule has 1 aromatic carbocycles. The molecule has 0 saturated heterocycles. The smallest absolute Gasteiger partial charge is 0.274 e. The number of carbonyl (C=O) groups excluding carboxylic acids is 1. The second-order valence-corrected chi connectivity index (χ2v) is 6.07. The summed E-state index contributed by atoms with van der Waals surface area (Å²) in [5, 5.41) is 14.8. The maximum absolute atomic E-state index is 12.5. The molecule has 0 spiro atoms. The first-order valence-corrected chi connectivity index (χ1v) is 7.66. The average molecular weight is 299 g/mol. The molecule has 1 saturated carbocycles. The maximum Gasteiger partial charge on any atom is 0.274 e. The van der Waals surface area contributed by atoms with E-state index in [0.717, 1.165) is 31.4 Å². The molecule has 1 aliphatic rings. The third kappa shape index (κ3) is 3.04. The summed E-state index contributed by atoms with van der Waals surface area (Å²) in [6, 6.07) is 11.4. The van der Waals surface area contributed by atoms with E-state index in [2.05, 4.69) is 5.10 Å². The number of para-hydroxylation sites is 1. The van der Waals surface area contributed by atoms with E-state index in [9.17, 15) is 9.90 Å². The van der Waals surface area contributed by atoms with Crippen molar-refractivity contribution in [1.29, 1.82) is 0 Å². The van der Waals surface area contributed by atoms with Crippen LogP contribution < -0.4 is 0 Å². The Morgan fingerprint density at radius 1 is 1.27 bits per heavy atom. The molecular weight excluding hydrogens is 278 g/mol. The van der Waals surface area contributed by atoms with E-state index in [4.69, 9.17) is 0 Å². The van der Waals surface area contributed by atoms with Gasteiger partial charge in [0.15, 0.2) is 5.69 Å².